The van der Waals surface area contributed by atoms with Crippen LogP contribution in [0.4, 0.5) is 0 Å². The van der Waals surface area contributed by atoms with Crippen molar-refractivity contribution in [3.63, 3.8) is 0 Å². The van der Waals surface area contributed by atoms with E-state index in [-0.39, 0.29) is 0 Å². The average molecular weight is 356 g/mol. The molecule has 0 bridgehead atoms. The van der Waals surface area contributed by atoms with Crippen LogP contribution in [0.1, 0.15) is 5.56 Å². The molecular weight excluding hydrogens is 337 g/mol. The molecule has 0 radical (unpaired) electrons. The van der Waals surface area contributed by atoms with E-state index >= 15 is 0 Å². The molecule has 3 aromatic rings. The van der Waals surface area contributed by atoms with Gasteiger partial charge in [-0.25, -0.2) is 0 Å². The molecule has 2 aromatic carbocycles. The number of hydrogen-bond donors (Lipinski definition) is 0. The first-order valence-electron chi connectivity index (χ1n) is 6.77. The van der Waals surface area contributed by atoms with Gasteiger partial charge in [-0.3, -0.25) is 0 Å². The standard InChI is InChI=1S/C14H10N.3CH3.Sn/c1-10-5-4-7-12-9-11-6-2-3-8-13(11)15-14(10)12;;;;/h2-8H,1H3;3*1H3;. The van der Waals surface area contributed by atoms with Gasteiger partial charge in [-0.15, -0.1) is 0 Å². The molecule has 0 amide bonds. The van der Waals surface area contributed by atoms with Gasteiger partial charge in [-0.05, 0) is 0 Å². The van der Waals surface area contributed by atoms with Crippen LogP contribution in [0.15, 0.2) is 42.5 Å². The Morgan fingerprint density at radius 2 is 1.53 bits per heavy atom. The molecule has 0 aliphatic rings. The number of rotatable bonds is 1. The zero-order valence-electron chi connectivity index (χ0n) is 12.0. The Bertz CT molecular complexity index is 769. The summed E-state index contributed by atoms with van der Waals surface area (Å²) < 4.78 is 1.61. The molecule has 0 atom stereocenters. The summed E-state index contributed by atoms with van der Waals surface area (Å²) in [7, 11) is 0. The van der Waals surface area contributed by atoms with Gasteiger partial charge in [0.15, 0.2) is 0 Å². The predicted molar refractivity (Wildman–Crippen MR) is 87.0 cm³/mol. The van der Waals surface area contributed by atoms with Crippen molar-refractivity contribution < 1.29 is 0 Å². The molecule has 19 heavy (non-hydrogen) atoms. The van der Waals surface area contributed by atoms with Crippen molar-refractivity contribution in [1.82, 2.24) is 4.98 Å². The molecule has 3 rings (SSSR count). The van der Waals surface area contributed by atoms with E-state index in [2.05, 4.69) is 64.2 Å². The molecule has 0 saturated carbocycles. The molecule has 0 saturated heterocycles. The van der Waals surface area contributed by atoms with Crippen LogP contribution >= 0.6 is 0 Å². The first-order chi connectivity index (χ1) is 8.98. The van der Waals surface area contributed by atoms with Gasteiger partial charge in [0.1, 0.15) is 0 Å². The van der Waals surface area contributed by atoms with Crippen molar-refractivity contribution in [3.8, 4) is 0 Å². The Labute approximate surface area is 118 Å². The second-order valence-electron chi connectivity index (χ2n) is 6.23. The maximum atomic E-state index is 4.88. The Balaban J connectivity index is 2.61. The molecule has 1 aromatic heterocycles. The van der Waals surface area contributed by atoms with Crippen LogP contribution in [-0.2, 0) is 0 Å². The Morgan fingerprint density at radius 3 is 2.26 bits per heavy atom. The number of aryl methyl sites for hydroxylation is 1. The van der Waals surface area contributed by atoms with Crippen molar-refractivity contribution in [1.29, 1.82) is 0 Å². The first-order valence-corrected chi connectivity index (χ1v) is 16.8. The van der Waals surface area contributed by atoms with Crippen molar-refractivity contribution in [2.75, 3.05) is 0 Å². The van der Waals surface area contributed by atoms with Crippen LogP contribution in [0.5, 0.6) is 0 Å². The van der Waals surface area contributed by atoms with E-state index in [0.717, 1.165) is 5.52 Å². The number of para-hydroxylation sites is 2. The van der Waals surface area contributed by atoms with E-state index in [1.807, 2.05) is 0 Å². The number of fused-ring (bicyclic) bond motifs is 2. The summed E-state index contributed by atoms with van der Waals surface area (Å²) in [6.45, 7) is 2.16. The van der Waals surface area contributed by atoms with Gasteiger partial charge in [0.25, 0.3) is 0 Å². The minimum atomic E-state index is -2.21. The van der Waals surface area contributed by atoms with Crippen LogP contribution in [0, 0.1) is 6.92 Å². The summed E-state index contributed by atoms with van der Waals surface area (Å²) in [5.74, 6) is 0. The van der Waals surface area contributed by atoms with Crippen molar-refractivity contribution >= 4 is 43.8 Å². The van der Waals surface area contributed by atoms with E-state index in [1.165, 1.54) is 21.9 Å². The van der Waals surface area contributed by atoms with Gasteiger partial charge in [0.05, 0.1) is 0 Å². The van der Waals surface area contributed by atoms with Crippen molar-refractivity contribution in [3.05, 3.63) is 48.0 Å². The molecule has 2 heteroatoms. The normalized spacial score (nSPS) is 12.2. The fourth-order valence-electron chi connectivity index (χ4n) is 2.87. The second-order valence-corrected chi connectivity index (χ2v) is 20.5. The molecule has 0 N–H and O–H groups in total. The molecule has 0 unspecified atom stereocenters. The molecule has 0 fully saturated rings. The van der Waals surface area contributed by atoms with Gasteiger partial charge in [-0.1, -0.05) is 0 Å². The monoisotopic (exact) mass is 357 g/mol. The molecule has 0 aliphatic carbocycles. The van der Waals surface area contributed by atoms with Gasteiger partial charge < -0.3 is 0 Å². The van der Waals surface area contributed by atoms with Crippen molar-refractivity contribution in [2.24, 2.45) is 0 Å². The van der Waals surface area contributed by atoms with E-state index in [1.54, 1.807) is 3.58 Å². The summed E-state index contributed by atoms with van der Waals surface area (Å²) >= 11 is -2.21. The summed E-state index contributed by atoms with van der Waals surface area (Å²) in [6, 6.07) is 15.2. The van der Waals surface area contributed by atoms with Crippen LogP contribution in [0.2, 0.25) is 14.8 Å². The number of nitrogens with zero attached hydrogens (tertiary/aromatic N) is 1. The third-order valence-electron chi connectivity index (χ3n) is 3.66. The summed E-state index contributed by atoms with van der Waals surface area (Å²) in [5, 5.41) is 2.74. The molecule has 96 valence electrons. The van der Waals surface area contributed by atoms with E-state index < -0.39 is 18.4 Å². The zero-order valence-corrected chi connectivity index (χ0v) is 14.8. The fraction of sp³-hybridized carbons (Fsp3) is 0.235. The number of aromatic nitrogens is 1. The molecule has 0 spiro atoms. The Morgan fingerprint density at radius 1 is 0.842 bits per heavy atom. The van der Waals surface area contributed by atoms with Gasteiger partial charge >= 0.3 is 119 Å². The van der Waals surface area contributed by atoms with Gasteiger partial charge in [0.2, 0.25) is 0 Å². The minimum absolute atomic E-state index is 1.14. The number of pyridine rings is 1. The molecule has 1 nitrogen and oxygen atoms in total. The van der Waals surface area contributed by atoms with Crippen LogP contribution in [0.25, 0.3) is 21.8 Å². The van der Waals surface area contributed by atoms with Crippen LogP contribution in [0.3, 0.4) is 0 Å². The Hall–Kier alpha value is -1.09. The fourth-order valence-corrected chi connectivity index (χ4v) is 8.66. The van der Waals surface area contributed by atoms with Gasteiger partial charge in [0, 0.05) is 0 Å². The summed E-state index contributed by atoms with van der Waals surface area (Å²) in [4.78, 5) is 12.3. The summed E-state index contributed by atoms with van der Waals surface area (Å²) in [6.07, 6.45) is 0. The first kappa shape index (κ1) is 12.9. The average Bonchev–Trinajstić information content (AvgIpc) is 2.35. The molecular formula is C17H19NSn. The van der Waals surface area contributed by atoms with E-state index in [9.17, 15) is 0 Å². The van der Waals surface area contributed by atoms with Gasteiger partial charge in [-0.2, -0.15) is 0 Å². The Kier molecular flexibility index (Phi) is 3.05. The molecule has 1 heterocycles. The van der Waals surface area contributed by atoms with Crippen LogP contribution < -0.4 is 3.58 Å². The number of hydrogen-bond acceptors (Lipinski definition) is 1. The second kappa shape index (κ2) is 4.48. The third-order valence-corrected chi connectivity index (χ3v) is 9.48. The predicted octanol–water partition coefficient (Wildman–Crippen LogP) is 4.24. The van der Waals surface area contributed by atoms with Crippen molar-refractivity contribution in [2.45, 2.75) is 21.7 Å². The van der Waals surface area contributed by atoms with Crippen LogP contribution in [-0.4, -0.2) is 23.4 Å². The topological polar surface area (TPSA) is 12.9 Å². The molecule has 0 aliphatic heterocycles. The maximum absolute atomic E-state index is 4.88. The SMILES string of the molecule is Cc1cccc2[c]([Sn]([CH3])([CH3])[CH3])c3ccccc3nc12. The zero-order chi connectivity index (χ0) is 13.6. The summed E-state index contributed by atoms with van der Waals surface area (Å²) in [5.41, 5.74) is 3.61. The van der Waals surface area contributed by atoms with E-state index in [4.69, 9.17) is 4.98 Å². The third kappa shape index (κ3) is 2.14. The van der Waals surface area contributed by atoms with E-state index in [0.29, 0.717) is 0 Å². The number of benzene rings is 2. The quantitative estimate of drug-likeness (QED) is 0.470.